The van der Waals surface area contributed by atoms with Crippen LogP contribution in [0.2, 0.25) is 0 Å². The molecule has 0 spiro atoms. The van der Waals surface area contributed by atoms with Crippen molar-refractivity contribution in [2.24, 2.45) is 10.5 Å². The molecule has 0 unspecified atom stereocenters. The van der Waals surface area contributed by atoms with Crippen molar-refractivity contribution in [1.29, 1.82) is 5.26 Å². The van der Waals surface area contributed by atoms with Crippen LogP contribution in [0.15, 0.2) is 5.10 Å². The van der Waals surface area contributed by atoms with E-state index in [1.165, 1.54) is 5.01 Å². The van der Waals surface area contributed by atoms with Gasteiger partial charge in [-0.15, -0.1) is 0 Å². The third-order valence-electron chi connectivity index (χ3n) is 3.08. The highest BCUT2D eigenvalue weighted by molar-refractivity contribution is 6.36. The third kappa shape index (κ3) is 4.70. The zero-order chi connectivity index (χ0) is 14.5. The smallest absolute Gasteiger partial charge is 0.352 e. The zero-order valence-electron chi connectivity index (χ0n) is 11.3. The second kappa shape index (κ2) is 6.32. The summed E-state index contributed by atoms with van der Waals surface area (Å²) in [4.78, 5) is 22.4. The fourth-order valence-electron chi connectivity index (χ4n) is 1.81. The molecule has 104 valence electrons. The molecule has 0 aromatic rings. The van der Waals surface area contributed by atoms with E-state index in [0.717, 1.165) is 12.8 Å². The van der Waals surface area contributed by atoms with Crippen LogP contribution in [0.25, 0.3) is 0 Å². The molecule has 0 fully saturated rings. The van der Waals surface area contributed by atoms with Gasteiger partial charge in [0.1, 0.15) is 5.71 Å². The zero-order valence-corrected chi connectivity index (χ0v) is 11.3. The van der Waals surface area contributed by atoms with E-state index in [9.17, 15) is 9.59 Å². The van der Waals surface area contributed by atoms with Gasteiger partial charge >= 0.3 is 5.97 Å². The molecule has 1 aliphatic rings. The van der Waals surface area contributed by atoms with Crippen molar-refractivity contribution < 1.29 is 14.7 Å². The number of unbranched alkanes of at least 4 members (excludes halogenated alkanes) is 1. The number of carboxylic acids is 1. The summed E-state index contributed by atoms with van der Waals surface area (Å²) >= 11 is 0. The van der Waals surface area contributed by atoms with E-state index >= 15 is 0 Å². The Bertz CT molecular complexity index is 435. The molecule has 0 atom stereocenters. The van der Waals surface area contributed by atoms with Gasteiger partial charge in [-0.2, -0.15) is 10.4 Å². The highest BCUT2D eigenvalue weighted by Gasteiger charge is 2.24. The monoisotopic (exact) mass is 265 g/mol. The van der Waals surface area contributed by atoms with E-state index in [2.05, 4.69) is 11.2 Å². The fourth-order valence-corrected chi connectivity index (χ4v) is 1.81. The van der Waals surface area contributed by atoms with Gasteiger partial charge in [0.15, 0.2) is 0 Å². The molecule has 0 aromatic carbocycles. The predicted octanol–water partition coefficient (Wildman–Crippen LogP) is 1.77. The molecule has 1 amide bonds. The SMILES string of the molecule is CC(C)(C#N)CCCCN1N=C(C(=O)O)CCC1=O. The van der Waals surface area contributed by atoms with Gasteiger partial charge < -0.3 is 5.11 Å². The van der Waals surface area contributed by atoms with Crippen molar-refractivity contribution in [3.8, 4) is 6.07 Å². The second-order valence-corrected chi connectivity index (χ2v) is 5.32. The summed E-state index contributed by atoms with van der Waals surface area (Å²) in [6.45, 7) is 4.16. The number of rotatable bonds is 6. The van der Waals surface area contributed by atoms with Crippen LogP contribution in [0.4, 0.5) is 0 Å². The topological polar surface area (TPSA) is 93.8 Å². The predicted molar refractivity (Wildman–Crippen MR) is 69.3 cm³/mol. The standard InChI is InChI=1S/C13H19N3O3/c1-13(2,9-14)7-3-4-8-16-11(17)6-5-10(15-16)12(18)19/h3-8H2,1-2H3,(H,18,19). The van der Waals surface area contributed by atoms with Gasteiger partial charge in [-0.3, -0.25) is 4.79 Å². The molecule has 0 saturated carbocycles. The second-order valence-electron chi connectivity index (χ2n) is 5.32. The first-order valence-electron chi connectivity index (χ1n) is 6.38. The third-order valence-corrected chi connectivity index (χ3v) is 3.08. The summed E-state index contributed by atoms with van der Waals surface area (Å²) in [5, 5.41) is 22.8. The van der Waals surface area contributed by atoms with Gasteiger partial charge in [0.05, 0.1) is 11.5 Å². The lowest BCUT2D eigenvalue weighted by Gasteiger charge is -2.22. The van der Waals surface area contributed by atoms with Gasteiger partial charge in [-0.1, -0.05) is 6.42 Å². The summed E-state index contributed by atoms with van der Waals surface area (Å²) in [5.41, 5.74) is -0.321. The first-order valence-corrected chi connectivity index (χ1v) is 6.38. The van der Waals surface area contributed by atoms with E-state index in [0.29, 0.717) is 13.0 Å². The molecule has 1 N–H and O–H groups in total. The van der Waals surface area contributed by atoms with E-state index in [1.807, 2.05) is 13.8 Å². The van der Waals surface area contributed by atoms with Crippen LogP contribution in [0.1, 0.15) is 46.0 Å². The van der Waals surface area contributed by atoms with Gasteiger partial charge in [0.25, 0.3) is 0 Å². The number of carbonyl (C=O) groups is 2. The molecule has 1 rings (SSSR count). The summed E-state index contributed by atoms with van der Waals surface area (Å²) in [5.74, 6) is -1.20. The molecule has 0 bridgehead atoms. The van der Waals surface area contributed by atoms with Crippen molar-refractivity contribution in [3.05, 3.63) is 0 Å². The van der Waals surface area contributed by atoms with Crippen molar-refractivity contribution in [2.45, 2.75) is 46.0 Å². The quantitative estimate of drug-likeness (QED) is 0.740. The lowest BCUT2D eigenvalue weighted by molar-refractivity contribution is -0.132. The minimum atomic E-state index is -1.07. The molecular formula is C13H19N3O3. The Morgan fingerprint density at radius 1 is 1.47 bits per heavy atom. The molecule has 0 saturated heterocycles. The first kappa shape index (κ1) is 15.2. The first-order chi connectivity index (χ1) is 8.85. The maximum atomic E-state index is 11.6. The van der Waals surface area contributed by atoms with Crippen molar-refractivity contribution in [2.75, 3.05) is 6.54 Å². The van der Waals surface area contributed by atoms with E-state index in [-0.39, 0.29) is 29.9 Å². The number of aliphatic carboxylic acids is 1. The Hall–Kier alpha value is -1.90. The number of nitrogens with zero attached hydrogens (tertiary/aromatic N) is 3. The van der Waals surface area contributed by atoms with E-state index in [4.69, 9.17) is 10.4 Å². The van der Waals surface area contributed by atoms with Gasteiger partial charge in [0, 0.05) is 19.4 Å². The van der Waals surface area contributed by atoms with Crippen molar-refractivity contribution in [3.63, 3.8) is 0 Å². The number of hydrogen-bond acceptors (Lipinski definition) is 4. The Morgan fingerprint density at radius 2 is 2.16 bits per heavy atom. The van der Waals surface area contributed by atoms with Crippen LogP contribution < -0.4 is 0 Å². The summed E-state index contributed by atoms with van der Waals surface area (Å²) < 4.78 is 0. The molecule has 0 radical (unpaired) electrons. The number of carboxylic acid groups (broad SMARTS) is 1. The Morgan fingerprint density at radius 3 is 2.74 bits per heavy atom. The summed E-state index contributed by atoms with van der Waals surface area (Å²) in [7, 11) is 0. The minimum Gasteiger partial charge on any atom is -0.477 e. The highest BCUT2D eigenvalue weighted by Crippen LogP contribution is 2.22. The van der Waals surface area contributed by atoms with Gasteiger partial charge in [-0.05, 0) is 26.7 Å². The molecule has 1 heterocycles. The number of amides is 1. The number of nitriles is 1. The Kier molecular flexibility index (Phi) is 5.04. The van der Waals surface area contributed by atoms with Crippen LogP contribution >= 0.6 is 0 Å². The molecule has 0 aromatic heterocycles. The van der Waals surface area contributed by atoms with Crippen LogP contribution in [-0.2, 0) is 9.59 Å². The number of hydrazone groups is 1. The van der Waals surface area contributed by atoms with E-state index in [1.54, 1.807) is 0 Å². The average molecular weight is 265 g/mol. The maximum Gasteiger partial charge on any atom is 0.352 e. The average Bonchev–Trinajstić information content (AvgIpc) is 2.36. The normalized spacial score (nSPS) is 15.9. The summed E-state index contributed by atoms with van der Waals surface area (Å²) in [6.07, 6.45) is 2.68. The maximum absolute atomic E-state index is 11.6. The molecule has 6 nitrogen and oxygen atoms in total. The molecule has 19 heavy (non-hydrogen) atoms. The fraction of sp³-hybridized carbons (Fsp3) is 0.692. The molecular weight excluding hydrogens is 246 g/mol. The molecule has 6 heteroatoms. The number of hydrogen-bond donors (Lipinski definition) is 1. The highest BCUT2D eigenvalue weighted by atomic mass is 16.4. The van der Waals surface area contributed by atoms with E-state index < -0.39 is 5.97 Å². The van der Waals surface area contributed by atoms with Crippen LogP contribution in [-0.4, -0.2) is 34.2 Å². The van der Waals surface area contributed by atoms with Crippen LogP contribution in [0.5, 0.6) is 0 Å². The Labute approximate surface area is 112 Å². The van der Waals surface area contributed by atoms with Crippen molar-refractivity contribution >= 4 is 17.6 Å². The van der Waals surface area contributed by atoms with Gasteiger partial charge in [0.2, 0.25) is 5.91 Å². The lowest BCUT2D eigenvalue weighted by Crippen LogP contribution is -2.34. The van der Waals surface area contributed by atoms with Gasteiger partial charge in [-0.25, -0.2) is 9.80 Å². The molecule has 0 aliphatic carbocycles. The largest absolute Gasteiger partial charge is 0.477 e. The van der Waals surface area contributed by atoms with Crippen molar-refractivity contribution in [1.82, 2.24) is 5.01 Å². The van der Waals surface area contributed by atoms with Crippen LogP contribution in [0, 0.1) is 16.7 Å². The molecule has 1 aliphatic heterocycles. The Balaban J connectivity index is 2.44. The lowest BCUT2D eigenvalue weighted by atomic mass is 9.89. The summed E-state index contributed by atoms with van der Waals surface area (Å²) in [6, 6.07) is 2.22. The minimum absolute atomic E-state index is 0.0388. The number of carbonyl (C=O) groups excluding carboxylic acids is 1. The van der Waals surface area contributed by atoms with Crippen LogP contribution in [0.3, 0.4) is 0 Å².